The SMILES string of the molecule is Cc1nccc(O[C@@H]2C(=O)N(C)[C@@H]3CN(Cc4nccn4C)C[C@H]23)n1. The Bertz CT molecular complexity index is 791. The molecule has 2 aliphatic rings. The number of nitrogens with zero attached hydrogens (tertiary/aromatic N) is 6. The van der Waals surface area contributed by atoms with Gasteiger partial charge in [-0.2, -0.15) is 4.98 Å². The first-order valence-electron chi connectivity index (χ1n) is 8.44. The molecule has 0 spiro atoms. The number of rotatable bonds is 4. The zero-order valence-corrected chi connectivity index (χ0v) is 14.7. The highest BCUT2D eigenvalue weighted by Crippen LogP contribution is 2.34. The molecular weight excluding hydrogens is 320 g/mol. The first kappa shape index (κ1) is 16.0. The second kappa shape index (κ2) is 6.11. The molecule has 0 unspecified atom stereocenters. The molecule has 8 nitrogen and oxygen atoms in total. The van der Waals surface area contributed by atoms with Gasteiger partial charge in [0.25, 0.3) is 5.91 Å². The summed E-state index contributed by atoms with van der Waals surface area (Å²) in [6, 6.07) is 1.87. The summed E-state index contributed by atoms with van der Waals surface area (Å²) >= 11 is 0. The summed E-state index contributed by atoms with van der Waals surface area (Å²) in [5.41, 5.74) is 0. The Labute approximate surface area is 146 Å². The number of fused-ring (bicyclic) bond motifs is 1. The van der Waals surface area contributed by atoms with Gasteiger partial charge in [-0.05, 0) is 6.92 Å². The van der Waals surface area contributed by atoms with Crippen molar-refractivity contribution in [1.29, 1.82) is 0 Å². The van der Waals surface area contributed by atoms with Gasteiger partial charge in [0.15, 0.2) is 6.10 Å². The quantitative estimate of drug-likeness (QED) is 0.792. The number of carbonyl (C=O) groups is 1. The van der Waals surface area contributed by atoms with Crippen molar-refractivity contribution in [3.63, 3.8) is 0 Å². The fourth-order valence-corrected chi connectivity index (χ4v) is 3.79. The molecule has 1 amide bonds. The molecule has 2 aliphatic heterocycles. The van der Waals surface area contributed by atoms with E-state index in [0.717, 1.165) is 25.5 Å². The standard InChI is InChI=1S/C17H22N6O2/c1-11-18-5-4-15(20-11)25-16-12-8-23(9-13(12)22(3)17(16)24)10-14-19-6-7-21(14)2/h4-7,12-13,16H,8-10H2,1-3H3/t12-,13+,16-/m0/s1. The van der Waals surface area contributed by atoms with Crippen LogP contribution < -0.4 is 4.74 Å². The van der Waals surface area contributed by atoms with Crippen molar-refractivity contribution in [3.8, 4) is 5.88 Å². The molecule has 0 N–H and O–H groups in total. The lowest BCUT2D eigenvalue weighted by Gasteiger charge is -2.21. The van der Waals surface area contributed by atoms with E-state index in [0.29, 0.717) is 11.7 Å². The number of hydrogen-bond donors (Lipinski definition) is 0. The Morgan fingerprint density at radius 2 is 2.08 bits per heavy atom. The van der Waals surface area contributed by atoms with Gasteiger partial charge in [-0.15, -0.1) is 0 Å². The zero-order chi connectivity index (χ0) is 17.6. The molecule has 2 aromatic heterocycles. The molecule has 25 heavy (non-hydrogen) atoms. The van der Waals surface area contributed by atoms with Crippen molar-refractivity contribution >= 4 is 5.91 Å². The molecule has 0 aromatic carbocycles. The molecular formula is C17H22N6O2. The molecule has 8 heteroatoms. The molecule has 0 bridgehead atoms. The van der Waals surface area contributed by atoms with E-state index in [-0.39, 0.29) is 17.9 Å². The lowest BCUT2D eigenvalue weighted by Crippen LogP contribution is -2.38. The Morgan fingerprint density at radius 1 is 1.24 bits per heavy atom. The number of hydrogen-bond acceptors (Lipinski definition) is 6. The van der Waals surface area contributed by atoms with Crippen molar-refractivity contribution in [3.05, 3.63) is 36.3 Å². The molecule has 132 valence electrons. The lowest BCUT2D eigenvalue weighted by molar-refractivity contribution is -0.134. The number of amides is 1. The zero-order valence-electron chi connectivity index (χ0n) is 14.7. The van der Waals surface area contributed by atoms with E-state index in [9.17, 15) is 4.79 Å². The molecule has 0 saturated carbocycles. The van der Waals surface area contributed by atoms with E-state index >= 15 is 0 Å². The Hall–Kier alpha value is -2.48. The van der Waals surface area contributed by atoms with E-state index in [1.165, 1.54) is 0 Å². The molecule has 0 radical (unpaired) electrons. The van der Waals surface area contributed by atoms with E-state index < -0.39 is 6.10 Å². The summed E-state index contributed by atoms with van der Waals surface area (Å²) in [5.74, 6) is 2.28. The third-order valence-corrected chi connectivity index (χ3v) is 5.17. The van der Waals surface area contributed by atoms with Gasteiger partial charge in [-0.3, -0.25) is 9.69 Å². The summed E-state index contributed by atoms with van der Waals surface area (Å²) in [4.78, 5) is 29.5. The van der Waals surface area contributed by atoms with Crippen LogP contribution in [0.25, 0.3) is 0 Å². The number of carbonyl (C=O) groups excluding carboxylic acids is 1. The molecule has 2 fully saturated rings. The number of ether oxygens (including phenoxy) is 1. The predicted octanol–water partition coefficient (Wildman–Crippen LogP) is 0.239. The molecule has 0 aliphatic carbocycles. The smallest absolute Gasteiger partial charge is 0.264 e. The van der Waals surface area contributed by atoms with E-state index in [1.54, 1.807) is 12.3 Å². The largest absolute Gasteiger partial charge is 0.464 e. The third-order valence-electron chi connectivity index (χ3n) is 5.17. The van der Waals surface area contributed by atoms with Crippen LogP contribution in [0, 0.1) is 12.8 Å². The van der Waals surface area contributed by atoms with Gasteiger partial charge >= 0.3 is 0 Å². The van der Waals surface area contributed by atoms with Crippen LogP contribution in [0.1, 0.15) is 11.6 Å². The van der Waals surface area contributed by atoms with Crippen LogP contribution in [-0.4, -0.2) is 67.5 Å². The minimum atomic E-state index is -0.490. The van der Waals surface area contributed by atoms with Crippen molar-refractivity contribution in [2.75, 3.05) is 20.1 Å². The maximum absolute atomic E-state index is 12.6. The Balaban J connectivity index is 1.50. The highest BCUT2D eigenvalue weighted by Gasteiger charge is 2.52. The Kier molecular flexibility index (Phi) is 3.91. The average Bonchev–Trinajstić information content (AvgIpc) is 3.23. The van der Waals surface area contributed by atoms with Crippen LogP contribution in [0.3, 0.4) is 0 Å². The van der Waals surface area contributed by atoms with Gasteiger partial charge in [0.05, 0.1) is 12.6 Å². The monoisotopic (exact) mass is 342 g/mol. The maximum atomic E-state index is 12.6. The predicted molar refractivity (Wildman–Crippen MR) is 89.7 cm³/mol. The van der Waals surface area contributed by atoms with E-state index in [1.807, 2.05) is 42.9 Å². The number of aryl methyl sites for hydroxylation is 2. The van der Waals surface area contributed by atoms with Crippen LogP contribution in [0.15, 0.2) is 24.7 Å². The summed E-state index contributed by atoms with van der Waals surface area (Å²) in [7, 11) is 3.86. The van der Waals surface area contributed by atoms with Gasteiger partial charge in [0.1, 0.15) is 11.6 Å². The normalized spacial score (nSPS) is 26.3. The van der Waals surface area contributed by atoms with E-state index in [2.05, 4.69) is 19.9 Å². The highest BCUT2D eigenvalue weighted by molar-refractivity contribution is 5.84. The van der Waals surface area contributed by atoms with Crippen LogP contribution in [0.4, 0.5) is 0 Å². The molecule has 2 saturated heterocycles. The molecule has 4 rings (SSSR count). The van der Waals surface area contributed by atoms with Gasteiger partial charge in [0, 0.05) is 57.8 Å². The van der Waals surface area contributed by atoms with Crippen LogP contribution in [0.2, 0.25) is 0 Å². The highest BCUT2D eigenvalue weighted by atomic mass is 16.5. The molecule has 3 atom stereocenters. The fourth-order valence-electron chi connectivity index (χ4n) is 3.79. The van der Waals surface area contributed by atoms with Crippen molar-refractivity contribution in [1.82, 2.24) is 29.3 Å². The van der Waals surface area contributed by atoms with Crippen LogP contribution in [-0.2, 0) is 18.4 Å². The average molecular weight is 342 g/mol. The maximum Gasteiger partial charge on any atom is 0.264 e. The number of likely N-dealkylation sites (tertiary alicyclic amines) is 2. The number of imidazole rings is 1. The summed E-state index contributed by atoms with van der Waals surface area (Å²) in [5, 5.41) is 0. The van der Waals surface area contributed by atoms with Crippen LogP contribution in [0.5, 0.6) is 5.88 Å². The Morgan fingerprint density at radius 3 is 2.80 bits per heavy atom. The minimum Gasteiger partial charge on any atom is -0.464 e. The second-order valence-corrected chi connectivity index (χ2v) is 6.81. The number of aromatic nitrogens is 4. The summed E-state index contributed by atoms with van der Waals surface area (Å²) in [6.07, 6.45) is 4.92. The first-order chi connectivity index (χ1) is 12.0. The van der Waals surface area contributed by atoms with E-state index in [4.69, 9.17) is 4.74 Å². The lowest BCUT2D eigenvalue weighted by atomic mass is 10.0. The number of likely N-dealkylation sites (N-methyl/N-ethyl adjacent to an activating group) is 1. The van der Waals surface area contributed by atoms with Gasteiger partial charge in [-0.1, -0.05) is 0 Å². The van der Waals surface area contributed by atoms with Crippen molar-refractivity contribution in [2.45, 2.75) is 25.6 Å². The van der Waals surface area contributed by atoms with Crippen LogP contribution >= 0.6 is 0 Å². The molecule has 4 heterocycles. The topological polar surface area (TPSA) is 76.4 Å². The fraction of sp³-hybridized carbons (Fsp3) is 0.529. The van der Waals surface area contributed by atoms with Crippen molar-refractivity contribution in [2.24, 2.45) is 13.0 Å². The second-order valence-electron chi connectivity index (χ2n) is 6.81. The summed E-state index contributed by atoms with van der Waals surface area (Å²) in [6.45, 7) is 4.23. The molecule has 2 aromatic rings. The minimum absolute atomic E-state index is 0.0305. The van der Waals surface area contributed by atoms with Gasteiger partial charge in [-0.25, -0.2) is 9.97 Å². The van der Waals surface area contributed by atoms with Gasteiger partial charge in [0.2, 0.25) is 5.88 Å². The summed E-state index contributed by atoms with van der Waals surface area (Å²) < 4.78 is 8.00. The van der Waals surface area contributed by atoms with Crippen molar-refractivity contribution < 1.29 is 9.53 Å². The third kappa shape index (κ3) is 2.86. The first-order valence-corrected chi connectivity index (χ1v) is 8.44. The van der Waals surface area contributed by atoms with Gasteiger partial charge < -0.3 is 14.2 Å².